The van der Waals surface area contributed by atoms with Gasteiger partial charge in [-0.15, -0.1) is 0 Å². The van der Waals surface area contributed by atoms with Crippen molar-refractivity contribution >= 4 is 0 Å². The van der Waals surface area contributed by atoms with E-state index in [1.807, 2.05) is 26.8 Å². The van der Waals surface area contributed by atoms with E-state index < -0.39 is 0 Å². The summed E-state index contributed by atoms with van der Waals surface area (Å²) in [5.41, 5.74) is 5.70. The standard InChI is InChI=1S/C7H12N2/c1-7(2,3)6(4-8)5-9/h4H,8H2,1-3H3. The molecule has 0 aliphatic rings. The van der Waals surface area contributed by atoms with Gasteiger partial charge in [-0.25, -0.2) is 0 Å². The molecule has 0 aliphatic carbocycles. The Morgan fingerprint density at radius 2 is 2.00 bits per heavy atom. The lowest BCUT2D eigenvalue weighted by Gasteiger charge is -2.15. The van der Waals surface area contributed by atoms with E-state index in [2.05, 4.69) is 0 Å². The molecular weight excluding hydrogens is 112 g/mol. The second-order valence-electron chi connectivity index (χ2n) is 2.94. The highest BCUT2D eigenvalue weighted by molar-refractivity contribution is 5.25. The first-order valence-electron chi connectivity index (χ1n) is 2.85. The lowest BCUT2D eigenvalue weighted by atomic mass is 9.88. The molecule has 0 saturated heterocycles. The maximum Gasteiger partial charge on any atom is 0.0967 e. The van der Waals surface area contributed by atoms with Crippen LogP contribution in [-0.2, 0) is 0 Å². The van der Waals surface area contributed by atoms with E-state index in [9.17, 15) is 0 Å². The van der Waals surface area contributed by atoms with Crippen LogP contribution >= 0.6 is 0 Å². The van der Waals surface area contributed by atoms with E-state index in [1.54, 1.807) is 0 Å². The van der Waals surface area contributed by atoms with E-state index in [1.165, 1.54) is 6.20 Å². The summed E-state index contributed by atoms with van der Waals surface area (Å²) < 4.78 is 0. The van der Waals surface area contributed by atoms with Gasteiger partial charge in [-0.3, -0.25) is 0 Å². The minimum atomic E-state index is -0.108. The SMILES string of the molecule is CC(C)(C)C(C#N)=CN. The van der Waals surface area contributed by atoms with Gasteiger partial charge < -0.3 is 5.73 Å². The van der Waals surface area contributed by atoms with E-state index in [4.69, 9.17) is 11.0 Å². The molecule has 0 bridgehead atoms. The van der Waals surface area contributed by atoms with Crippen LogP contribution in [0.25, 0.3) is 0 Å². The Bertz CT molecular complexity index is 155. The molecule has 0 unspecified atom stereocenters. The van der Waals surface area contributed by atoms with Gasteiger partial charge in [0.05, 0.1) is 11.6 Å². The molecule has 0 aromatic rings. The predicted octanol–water partition coefficient (Wildman–Crippen LogP) is 1.40. The highest BCUT2D eigenvalue weighted by atomic mass is 14.5. The Labute approximate surface area is 56.0 Å². The summed E-state index contributed by atoms with van der Waals surface area (Å²) in [5, 5.41) is 8.46. The van der Waals surface area contributed by atoms with Gasteiger partial charge in [0.2, 0.25) is 0 Å². The minimum absolute atomic E-state index is 0.108. The van der Waals surface area contributed by atoms with Crippen molar-refractivity contribution in [1.29, 1.82) is 5.26 Å². The zero-order valence-electron chi connectivity index (χ0n) is 6.10. The monoisotopic (exact) mass is 124 g/mol. The van der Waals surface area contributed by atoms with Gasteiger partial charge >= 0.3 is 0 Å². The van der Waals surface area contributed by atoms with Gasteiger partial charge in [0.15, 0.2) is 0 Å². The lowest BCUT2D eigenvalue weighted by Crippen LogP contribution is -2.09. The Kier molecular flexibility index (Phi) is 2.27. The zero-order valence-corrected chi connectivity index (χ0v) is 6.10. The largest absolute Gasteiger partial charge is 0.404 e. The topological polar surface area (TPSA) is 49.8 Å². The summed E-state index contributed by atoms with van der Waals surface area (Å²) in [7, 11) is 0. The van der Waals surface area contributed by atoms with Gasteiger partial charge in [0, 0.05) is 6.20 Å². The fraction of sp³-hybridized carbons (Fsp3) is 0.571. The summed E-state index contributed by atoms with van der Waals surface area (Å²) in [5.74, 6) is 0. The first-order valence-corrected chi connectivity index (χ1v) is 2.85. The van der Waals surface area contributed by atoms with Crippen molar-refractivity contribution in [2.45, 2.75) is 20.8 Å². The number of nitrogens with two attached hydrogens (primary N) is 1. The smallest absolute Gasteiger partial charge is 0.0967 e. The quantitative estimate of drug-likeness (QED) is 0.496. The number of nitrogens with zero attached hydrogens (tertiary/aromatic N) is 1. The third-order valence-corrected chi connectivity index (χ3v) is 1.10. The van der Waals surface area contributed by atoms with Crippen molar-refractivity contribution < 1.29 is 0 Å². The molecule has 50 valence electrons. The van der Waals surface area contributed by atoms with Gasteiger partial charge in [-0.05, 0) is 5.41 Å². The normalized spacial score (nSPS) is 12.9. The third-order valence-electron chi connectivity index (χ3n) is 1.10. The molecule has 2 nitrogen and oxygen atoms in total. The Balaban J connectivity index is 4.39. The molecule has 2 heteroatoms. The summed E-state index contributed by atoms with van der Waals surface area (Å²) in [6.45, 7) is 5.86. The lowest BCUT2D eigenvalue weighted by molar-refractivity contribution is 0.518. The van der Waals surface area contributed by atoms with Crippen molar-refractivity contribution in [2.24, 2.45) is 11.1 Å². The second-order valence-corrected chi connectivity index (χ2v) is 2.94. The first kappa shape index (κ1) is 8.03. The molecule has 9 heavy (non-hydrogen) atoms. The average Bonchev–Trinajstić information content (AvgIpc) is 1.65. The molecule has 0 saturated carbocycles. The maximum atomic E-state index is 8.46. The Morgan fingerprint density at radius 3 is 2.00 bits per heavy atom. The molecule has 0 heterocycles. The molecule has 0 atom stereocenters. The maximum absolute atomic E-state index is 8.46. The molecule has 0 aromatic carbocycles. The molecule has 0 spiro atoms. The molecule has 0 fully saturated rings. The predicted molar refractivity (Wildman–Crippen MR) is 37.3 cm³/mol. The van der Waals surface area contributed by atoms with Crippen LogP contribution < -0.4 is 5.73 Å². The third kappa shape index (κ3) is 2.18. The first-order chi connectivity index (χ1) is 4.02. The van der Waals surface area contributed by atoms with E-state index in [-0.39, 0.29) is 5.41 Å². The minimum Gasteiger partial charge on any atom is -0.404 e. The Hall–Kier alpha value is -0.970. The van der Waals surface area contributed by atoms with Crippen LogP contribution in [0.4, 0.5) is 0 Å². The molecule has 0 amide bonds. The Morgan fingerprint density at radius 1 is 1.56 bits per heavy atom. The van der Waals surface area contributed by atoms with E-state index in [0.29, 0.717) is 5.57 Å². The van der Waals surface area contributed by atoms with Crippen LogP contribution in [0.5, 0.6) is 0 Å². The number of hydrogen-bond acceptors (Lipinski definition) is 2. The van der Waals surface area contributed by atoms with Crippen molar-refractivity contribution in [2.75, 3.05) is 0 Å². The average molecular weight is 124 g/mol. The van der Waals surface area contributed by atoms with Crippen LogP contribution in [-0.4, -0.2) is 0 Å². The van der Waals surface area contributed by atoms with Gasteiger partial charge in [-0.1, -0.05) is 20.8 Å². The second kappa shape index (κ2) is 2.54. The number of nitriles is 1. The van der Waals surface area contributed by atoms with Crippen LogP contribution in [0.3, 0.4) is 0 Å². The van der Waals surface area contributed by atoms with Crippen molar-refractivity contribution in [3.8, 4) is 6.07 Å². The summed E-state index contributed by atoms with van der Waals surface area (Å²) in [6, 6.07) is 2.03. The van der Waals surface area contributed by atoms with Crippen molar-refractivity contribution in [3.63, 3.8) is 0 Å². The van der Waals surface area contributed by atoms with Gasteiger partial charge in [-0.2, -0.15) is 5.26 Å². The van der Waals surface area contributed by atoms with Gasteiger partial charge in [0.25, 0.3) is 0 Å². The van der Waals surface area contributed by atoms with Crippen LogP contribution in [0.2, 0.25) is 0 Å². The van der Waals surface area contributed by atoms with Gasteiger partial charge in [0.1, 0.15) is 0 Å². The number of rotatable bonds is 0. The molecular formula is C7H12N2. The zero-order chi connectivity index (χ0) is 7.49. The highest BCUT2D eigenvalue weighted by Gasteiger charge is 2.15. The number of allylic oxidation sites excluding steroid dienone is 1. The summed E-state index contributed by atoms with van der Waals surface area (Å²) in [4.78, 5) is 0. The fourth-order valence-electron chi connectivity index (χ4n) is 0.455. The molecule has 0 aliphatic heterocycles. The van der Waals surface area contributed by atoms with Crippen molar-refractivity contribution in [1.82, 2.24) is 0 Å². The highest BCUT2D eigenvalue weighted by Crippen LogP contribution is 2.22. The number of hydrogen-bond donors (Lipinski definition) is 1. The summed E-state index contributed by atoms with van der Waals surface area (Å²) in [6.07, 6.45) is 1.36. The molecule has 0 aromatic heterocycles. The van der Waals surface area contributed by atoms with Crippen LogP contribution in [0, 0.1) is 16.7 Å². The molecule has 2 N–H and O–H groups in total. The van der Waals surface area contributed by atoms with Crippen molar-refractivity contribution in [3.05, 3.63) is 11.8 Å². The summed E-state index contributed by atoms with van der Waals surface area (Å²) >= 11 is 0. The van der Waals surface area contributed by atoms with Crippen LogP contribution in [0.15, 0.2) is 11.8 Å². The van der Waals surface area contributed by atoms with Crippen LogP contribution in [0.1, 0.15) is 20.8 Å². The molecule has 0 radical (unpaired) electrons. The fourth-order valence-corrected chi connectivity index (χ4v) is 0.455. The van der Waals surface area contributed by atoms with E-state index in [0.717, 1.165) is 0 Å². The molecule has 0 rings (SSSR count). The van der Waals surface area contributed by atoms with E-state index >= 15 is 0 Å².